The second-order valence-electron chi connectivity index (χ2n) is 6.01. The molecular formula is C15H16BrN5O5S. The largest absolute Gasteiger partial charge is 0.364 e. The molecule has 0 fully saturated rings. The van der Waals surface area contributed by atoms with Gasteiger partial charge >= 0.3 is 5.69 Å². The van der Waals surface area contributed by atoms with E-state index < -0.39 is 22.0 Å². The minimum absolute atomic E-state index is 0.0714. The molecule has 0 saturated carbocycles. The van der Waals surface area contributed by atoms with Crippen molar-refractivity contribution in [2.45, 2.75) is 17.9 Å². The van der Waals surface area contributed by atoms with Crippen LogP contribution in [0.5, 0.6) is 0 Å². The second-order valence-corrected chi connectivity index (χ2v) is 8.51. The van der Waals surface area contributed by atoms with Crippen LogP contribution in [-0.4, -0.2) is 28.6 Å². The monoisotopic (exact) mass is 457 g/mol. The molecule has 1 atom stereocenters. The molecule has 1 unspecified atom stereocenters. The number of nitrogens with zero attached hydrogens (tertiary/aromatic N) is 3. The number of halogens is 1. The van der Waals surface area contributed by atoms with Crippen molar-refractivity contribution in [2.75, 3.05) is 0 Å². The first-order valence-electron chi connectivity index (χ1n) is 7.66. The van der Waals surface area contributed by atoms with Crippen LogP contribution in [0, 0.1) is 0 Å². The highest BCUT2D eigenvalue weighted by Crippen LogP contribution is 2.27. The number of sulfonamides is 1. The number of amides is 1. The van der Waals surface area contributed by atoms with Crippen LogP contribution in [0.15, 0.2) is 37.1 Å². The number of hydrogen-bond acceptors (Lipinski definition) is 7. The minimum Gasteiger partial charge on any atom is -0.364 e. The second kappa shape index (κ2) is 6.62. The summed E-state index contributed by atoms with van der Waals surface area (Å²) in [4.78, 5) is 24.3. The summed E-state index contributed by atoms with van der Waals surface area (Å²) in [6.45, 7) is 1.59. The van der Waals surface area contributed by atoms with Crippen LogP contribution in [0.1, 0.15) is 29.0 Å². The summed E-state index contributed by atoms with van der Waals surface area (Å²) in [7, 11) is -1.15. The van der Waals surface area contributed by atoms with Gasteiger partial charge in [-0.15, -0.1) is 0 Å². The van der Waals surface area contributed by atoms with Crippen molar-refractivity contribution in [3.63, 3.8) is 0 Å². The molecule has 0 spiro atoms. The van der Waals surface area contributed by atoms with Gasteiger partial charge in [0, 0.05) is 24.6 Å². The summed E-state index contributed by atoms with van der Waals surface area (Å²) in [5.74, 6) is -0.919. The predicted molar refractivity (Wildman–Crippen MR) is 99.6 cm³/mol. The highest BCUT2D eigenvalue weighted by atomic mass is 79.9. The lowest BCUT2D eigenvalue weighted by atomic mass is 10.1. The van der Waals surface area contributed by atoms with Crippen LogP contribution in [0.3, 0.4) is 0 Å². The number of aromatic nitrogens is 3. The van der Waals surface area contributed by atoms with Gasteiger partial charge in [0.25, 0.3) is 15.9 Å². The summed E-state index contributed by atoms with van der Waals surface area (Å²) in [5.41, 5.74) is 6.41. The molecule has 1 amide bonds. The smallest absolute Gasteiger partial charge is 0.328 e. The molecule has 10 nitrogen and oxygen atoms in total. The van der Waals surface area contributed by atoms with E-state index in [-0.39, 0.29) is 26.3 Å². The van der Waals surface area contributed by atoms with Crippen LogP contribution in [0.4, 0.5) is 0 Å². The molecular weight excluding hydrogens is 442 g/mol. The highest BCUT2D eigenvalue weighted by molar-refractivity contribution is 9.10. The number of imidazole rings is 1. The normalized spacial score (nSPS) is 13.1. The molecule has 0 bridgehead atoms. The number of aryl methyl sites for hydroxylation is 2. The Bertz CT molecular complexity index is 1220. The van der Waals surface area contributed by atoms with Gasteiger partial charge in [0.2, 0.25) is 0 Å². The molecule has 0 aliphatic heterocycles. The predicted octanol–water partition coefficient (Wildman–Crippen LogP) is 0.766. The maximum absolute atomic E-state index is 12.7. The van der Waals surface area contributed by atoms with E-state index >= 15 is 0 Å². The van der Waals surface area contributed by atoms with E-state index in [4.69, 9.17) is 10.3 Å². The number of nitrogens with one attached hydrogen (secondary N) is 1. The van der Waals surface area contributed by atoms with Crippen molar-refractivity contribution < 1.29 is 17.7 Å². The van der Waals surface area contributed by atoms with Gasteiger partial charge in [-0.3, -0.25) is 13.9 Å². The maximum Gasteiger partial charge on any atom is 0.328 e. The van der Waals surface area contributed by atoms with E-state index in [0.29, 0.717) is 11.0 Å². The molecule has 0 radical (unpaired) electrons. The summed E-state index contributed by atoms with van der Waals surface area (Å²) in [6, 6.07) is 2.20. The van der Waals surface area contributed by atoms with Crippen molar-refractivity contribution in [3.8, 4) is 0 Å². The SMILES string of the molecule is CC(N)c1nocc1C(=O)NS(=O)(=O)c1cc2c(cc1Br)n(C)c(=O)n2C. The lowest BCUT2D eigenvalue weighted by molar-refractivity contribution is 0.0979. The topological polar surface area (TPSA) is 142 Å². The van der Waals surface area contributed by atoms with Crippen molar-refractivity contribution in [1.29, 1.82) is 0 Å². The summed E-state index contributed by atoms with van der Waals surface area (Å²) < 4.78 is 35.1. The third-order valence-corrected chi connectivity index (χ3v) is 6.41. The van der Waals surface area contributed by atoms with Crippen molar-refractivity contribution in [3.05, 3.63) is 44.6 Å². The van der Waals surface area contributed by atoms with Crippen LogP contribution in [-0.2, 0) is 24.1 Å². The Morgan fingerprint density at radius 3 is 2.48 bits per heavy atom. The Morgan fingerprint density at radius 1 is 1.30 bits per heavy atom. The number of carbonyl (C=O) groups is 1. The molecule has 3 rings (SSSR count). The van der Waals surface area contributed by atoms with Gasteiger partial charge < -0.3 is 10.3 Å². The number of carbonyl (C=O) groups excluding carboxylic acids is 1. The Morgan fingerprint density at radius 2 is 1.89 bits per heavy atom. The molecule has 3 aromatic rings. The average Bonchev–Trinajstić information content (AvgIpc) is 3.15. The molecule has 2 heterocycles. The summed E-state index contributed by atoms with van der Waals surface area (Å²) in [5, 5.41) is 3.62. The Hall–Kier alpha value is -2.44. The van der Waals surface area contributed by atoms with Gasteiger partial charge in [0.15, 0.2) is 0 Å². The van der Waals surface area contributed by atoms with E-state index in [1.54, 1.807) is 14.0 Å². The number of nitrogens with two attached hydrogens (primary N) is 1. The highest BCUT2D eigenvalue weighted by Gasteiger charge is 2.27. The molecule has 12 heteroatoms. The Kier molecular flexibility index (Phi) is 4.74. The molecule has 0 aliphatic rings. The first-order valence-corrected chi connectivity index (χ1v) is 9.94. The van der Waals surface area contributed by atoms with Crippen LogP contribution >= 0.6 is 15.9 Å². The number of rotatable bonds is 4. The van der Waals surface area contributed by atoms with Crippen molar-refractivity contribution in [1.82, 2.24) is 19.0 Å². The number of benzene rings is 1. The fraction of sp³-hybridized carbons (Fsp3) is 0.267. The third-order valence-electron chi connectivity index (χ3n) is 4.12. The van der Waals surface area contributed by atoms with Gasteiger partial charge in [-0.2, -0.15) is 0 Å². The van der Waals surface area contributed by atoms with Gasteiger partial charge in [-0.25, -0.2) is 17.9 Å². The molecule has 0 saturated heterocycles. The lowest BCUT2D eigenvalue weighted by Gasteiger charge is -2.10. The summed E-state index contributed by atoms with van der Waals surface area (Å²) >= 11 is 3.19. The zero-order chi connectivity index (χ0) is 20.1. The quantitative estimate of drug-likeness (QED) is 0.588. The average molecular weight is 458 g/mol. The zero-order valence-electron chi connectivity index (χ0n) is 14.6. The van der Waals surface area contributed by atoms with Crippen LogP contribution in [0.25, 0.3) is 11.0 Å². The van der Waals surface area contributed by atoms with E-state index in [2.05, 4.69) is 21.1 Å². The maximum atomic E-state index is 12.7. The van der Waals surface area contributed by atoms with Gasteiger partial charge in [0.1, 0.15) is 22.4 Å². The molecule has 27 heavy (non-hydrogen) atoms. The Balaban J connectivity index is 2.06. The number of fused-ring (bicyclic) bond motifs is 1. The Labute approximate surface area is 162 Å². The van der Waals surface area contributed by atoms with Crippen molar-refractivity contribution in [2.24, 2.45) is 19.8 Å². The molecule has 2 aromatic heterocycles. The van der Waals surface area contributed by atoms with E-state index in [1.165, 1.54) is 28.3 Å². The van der Waals surface area contributed by atoms with Gasteiger partial charge in [-0.05, 0) is 35.0 Å². The standard InChI is InChI=1S/C15H16BrN5O5S/c1-7(17)13-8(6-26-18-13)14(22)19-27(24,25)12-5-11-10(4-9(12)16)20(2)15(23)21(11)3/h4-7H,17H2,1-3H3,(H,19,22). The molecule has 3 N–H and O–H groups in total. The zero-order valence-corrected chi connectivity index (χ0v) is 17.0. The first-order chi connectivity index (χ1) is 12.5. The molecule has 1 aromatic carbocycles. The third kappa shape index (κ3) is 3.19. The van der Waals surface area contributed by atoms with Crippen molar-refractivity contribution >= 4 is 42.9 Å². The van der Waals surface area contributed by atoms with Gasteiger partial charge in [0.05, 0.1) is 11.0 Å². The first kappa shape index (κ1) is 19.3. The van der Waals surface area contributed by atoms with Crippen LogP contribution < -0.4 is 16.1 Å². The van der Waals surface area contributed by atoms with Crippen LogP contribution in [0.2, 0.25) is 0 Å². The molecule has 144 valence electrons. The number of hydrogen-bond donors (Lipinski definition) is 2. The van der Waals surface area contributed by atoms with E-state index in [0.717, 1.165) is 6.26 Å². The van der Waals surface area contributed by atoms with E-state index in [1.807, 2.05) is 4.72 Å². The summed E-state index contributed by atoms with van der Waals surface area (Å²) in [6.07, 6.45) is 1.03. The fourth-order valence-corrected chi connectivity index (χ4v) is 4.70. The van der Waals surface area contributed by atoms with Gasteiger partial charge in [-0.1, -0.05) is 5.16 Å². The van der Waals surface area contributed by atoms with E-state index in [9.17, 15) is 18.0 Å². The fourth-order valence-electron chi connectivity index (χ4n) is 2.68. The lowest BCUT2D eigenvalue weighted by Crippen LogP contribution is -2.31. The minimum atomic E-state index is -4.25. The molecule has 0 aliphatic carbocycles.